The molecule has 0 unspecified atom stereocenters. The summed E-state index contributed by atoms with van der Waals surface area (Å²) in [7, 11) is 0.626. The van der Waals surface area contributed by atoms with Crippen molar-refractivity contribution in [1.82, 2.24) is 4.98 Å². The number of rotatable bonds is 2. The van der Waals surface area contributed by atoms with Crippen LogP contribution in [0.1, 0.15) is 24.2 Å². The Morgan fingerprint density at radius 3 is 2.79 bits per heavy atom. The Morgan fingerprint density at radius 2 is 2.26 bits per heavy atom. The van der Waals surface area contributed by atoms with E-state index >= 15 is 0 Å². The van der Waals surface area contributed by atoms with Gasteiger partial charge in [0.2, 0.25) is 0 Å². The molecule has 19 heavy (non-hydrogen) atoms. The first kappa shape index (κ1) is 13.4. The first-order valence-corrected chi connectivity index (χ1v) is 5.72. The third-order valence-corrected chi connectivity index (χ3v) is 2.94. The highest BCUT2D eigenvalue weighted by molar-refractivity contribution is 6.62. The number of hydrogen-bond donors (Lipinski definition) is 1. The van der Waals surface area contributed by atoms with Crippen LogP contribution in [-0.4, -0.2) is 30.8 Å². The average molecular weight is 262 g/mol. The van der Waals surface area contributed by atoms with Crippen molar-refractivity contribution >= 4 is 24.4 Å². The minimum atomic E-state index is -0.654. The summed E-state index contributed by atoms with van der Waals surface area (Å²) in [6.07, 6.45) is 1.50. The second-order valence-electron chi connectivity index (χ2n) is 4.69. The van der Waals surface area contributed by atoms with Gasteiger partial charge in [0.1, 0.15) is 17.0 Å². The molecule has 1 saturated heterocycles. The fourth-order valence-electron chi connectivity index (χ4n) is 1.66. The quantitative estimate of drug-likeness (QED) is 0.616. The number of carbonyl (C=O) groups excluding carboxylic acids is 1. The number of hydrogen-bond acceptors (Lipinski definition) is 6. The summed E-state index contributed by atoms with van der Waals surface area (Å²) < 4.78 is 15.9. The minimum Gasteiger partial charge on any atom is -0.534 e. The summed E-state index contributed by atoms with van der Waals surface area (Å²) in [5.41, 5.74) is 5.82. The van der Waals surface area contributed by atoms with Crippen molar-refractivity contribution in [2.24, 2.45) is 0 Å². The lowest BCUT2D eigenvalue weighted by atomic mass is 9.79. The average Bonchev–Trinajstić information content (AvgIpc) is 2.63. The van der Waals surface area contributed by atoms with Crippen LogP contribution in [0.5, 0.6) is 0 Å². The largest absolute Gasteiger partial charge is 0.564 e. The van der Waals surface area contributed by atoms with Crippen molar-refractivity contribution in [2.45, 2.75) is 19.4 Å². The van der Waals surface area contributed by atoms with Gasteiger partial charge in [0, 0.05) is 11.7 Å². The fourth-order valence-corrected chi connectivity index (χ4v) is 1.66. The summed E-state index contributed by atoms with van der Waals surface area (Å²) in [6.45, 7) is 7.49. The zero-order valence-corrected chi connectivity index (χ0v) is 11.1. The van der Waals surface area contributed by atoms with Crippen molar-refractivity contribution in [1.29, 1.82) is 0 Å². The molecule has 0 spiro atoms. The van der Waals surface area contributed by atoms with Gasteiger partial charge >= 0.3 is 13.1 Å². The number of ether oxygens (including phenoxy) is 1. The summed E-state index contributed by atoms with van der Waals surface area (Å²) >= 11 is 0. The van der Waals surface area contributed by atoms with E-state index in [9.17, 15) is 4.79 Å². The zero-order chi connectivity index (χ0) is 14.2. The van der Waals surface area contributed by atoms with Crippen LogP contribution in [0.4, 0.5) is 5.82 Å². The van der Waals surface area contributed by atoms with E-state index in [4.69, 9.17) is 15.0 Å². The molecule has 2 heterocycles. The Kier molecular flexibility index (Phi) is 3.24. The highest BCUT2D eigenvalue weighted by Crippen LogP contribution is 2.29. The van der Waals surface area contributed by atoms with Crippen LogP contribution in [0.25, 0.3) is 0 Å². The summed E-state index contributed by atoms with van der Waals surface area (Å²) in [6, 6.07) is 1.55. The molecule has 1 aromatic rings. The predicted octanol–water partition coefficient (Wildman–Crippen LogP) is 0.485. The Morgan fingerprint density at radius 1 is 1.58 bits per heavy atom. The molecular formula is C12H15BN2O4. The second kappa shape index (κ2) is 4.58. The van der Waals surface area contributed by atoms with Crippen LogP contribution in [-0.2, 0) is 14.0 Å². The van der Waals surface area contributed by atoms with Gasteiger partial charge in [-0.3, -0.25) is 0 Å². The van der Waals surface area contributed by atoms with Gasteiger partial charge in [0.25, 0.3) is 0 Å². The third kappa shape index (κ3) is 2.41. The number of pyridine rings is 1. The minimum absolute atomic E-state index is 0.103. The number of anilines is 1. The molecule has 2 N–H and O–H groups in total. The van der Waals surface area contributed by atoms with Crippen LogP contribution < -0.4 is 11.2 Å². The molecule has 0 bridgehead atoms. The van der Waals surface area contributed by atoms with Crippen molar-refractivity contribution in [3.63, 3.8) is 0 Å². The lowest BCUT2D eigenvalue weighted by Crippen LogP contribution is -2.35. The lowest BCUT2D eigenvalue weighted by Gasteiger charge is -2.15. The fraction of sp³-hybridized carbons (Fsp3) is 0.333. The van der Waals surface area contributed by atoms with Gasteiger partial charge in [-0.15, -0.1) is 0 Å². The summed E-state index contributed by atoms with van der Waals surface area (Å²) in [5, 5.41) is 0. The molecule has 2 rings (SSSR count). The normalized spacial score (nSPS) is 17.2. The van der Waals surface area contributed by atoms with Crippen LogP contribution in [0.2, 0.25) is 0 Å². The number of nitrogen functional groups attached to an aromatic ring is 1. The molecule has 0 saturated carbocycles. The molecule has 0 aromatic carbocycles. The maximum absolute atomic E-state index is 11.6. The molecule has 100 valence electrons. The summed E-state index contributed by atoms with van der Waals surface area (Å²) in [5.74, 6) is 0.0727. The standard InChI is InChI=1S/C12H15BN2O4/c1-7-12(2,3)19-13(18-7)8-5-9(11(16)17-4)10(14)15-6-8/h5-6H,1H2,2-4H3,(H2,14,15). The molecule has 0 aliphatic carbocycles. The number of nitrogens with zero attached hydrogens (tertiary/aromatic N) is 1. The Balaban J connectivity index is 2.33. The van der Waals surface area contributed by atoms with Gasteiger partial charge in [0.05, 0.1) is 12.9 Å². The van der Waals surface area contributed by atoms with Gasteiger partial charge < -0.3 is 19.8 Å². The molecule has 1 aliphatic heterocycles. The summed E-state index contributed by atoms with van der Waals surface area (Å²) in [4.78, 5) is 15.5. The van der Waals surface area contributed by atoms with E-state index in [-0.39, 0.29) is 11.4 Å². The molecule has 6 nitrogen and oxygen atoms in total. The highest BCUT2D eigenvalue weighted by Gasteiger charge is 2.43. The van der Waals surface area contributed by atoms with E-state index in [0.29, 0.717) is 11.2 Å². The molecule has 0 radical (unpaired) electrons. The molecule has 1 fully saturated rings. The number of nitrogens with two attached hydrogens (primary N) is 1. The molecule has 0 amide bonds. The van der Waals surface area contributed by atoms with E-state index in [2.05, 4.69) is 16.3 Å². The van der Waals surface area contributed by atoms with E-state index < -0.39 is 18.7 Å². The molecule has 1 aliphatic rings. The Hall–Kier alpha value is -2.02. The van der Waals surface area contributed by atoms with E-state index in [1.807, 2.05) is 13.8 Å². The van der Waals surface area contributed by atoms with Crippen molar-refractivity contribution in [2.75, 3.05) is 12.8 Å². The van der Waals surface area contributed by atoms with Crippen molar-refractivity contribution in [3.05, 3.63) is 30.2 Å². The molecule has 0 atom stereocenters. The monoisotopic (exact) mass is 262 g/mol. The third-order valence-electron chi connectivity index (χ3n) is 2.94. The lowest BCUT2D eigenvalue weighted by molar-refractivity contribution is 0.0601. The van der Waals surface area contributed by atoms with Gasteiger partial charge in [-0.1, -0.05) is 6.58 Å². The van der Waals surface area contributed by atoms with Crippen LogP contribution in [0, 0.1) is 0 Å². The number of aromatic nitrogens is 1. The van der Waals surface area contributed by atoms with Gasteiger partial charge in [-0.05, 0) is 19.9 Å². The SMILES string of the molecule is C=C1OB(c2cnc(N)c(C(=O)OC)c2)OC1(C)C. The molecule has 7 heteroatoms. The maximum Gasteiger partial charge on any atom is 0.564 e. The number of esters is 1. The van der Waals surface area contributed by atoms with Crippen molar-refractivity contribution in [3.8, 4) is 0 Å². The molecular weight excluding hydrogens is 247 g/mol. The van der Waals surface area contributed by atoms with Crippen LogP contribution in [0.3, 0.4) is 0 Å². The van der Waals surface area contributed by atoms with Gasteiger partial charge in [-0.2, -0.15) is 0 Å². The predicted molar refractivity (Wildman–Crippen MR) is 70.8 cm³/mol. The Labute approximate surface area is 111 Å². The highest BCUT2D eigenvalue weighted by atomic mass is 16.7. The Bertz CT molecular complexity index is 545. The van der Waals surface area contributed by atoms with E-state index in [0.717, 1.165) is 0 Å². The number of methoxy groups -OCH3 is 1. The number of carbonyl (C=O) groups is 1. The zero-order valence-electron chi connectivity index (χ0n) is 11.1. The van der Waals surface area contributed by atoms with Gasteiger partial charge in [0.15, 0.2) is 0 Å². The topological polar surface area (TPSA) is 83.7 Å². The van der Waals surface area contributed by atoms with Crippen molar-refractivity contribution < 1.29 is 18.8 Å². The second-order valence-corrected chi connectivity index (χ2v) is 4.69. The van der Waals surface area contributed by atoms with E-state index in [1.54, 1.807) is 6.07 Å². The van der Waals surface area contributed by atoms with Gasteiger partial charge in [-0.25, -0.2) is 9.78 Å². The van der Waals surface area contributed by atoms with Crippen LogP contribution in [0.15, 0.2) is 24.6 Å². The maximum atomic E-state index is 11.6. The van der Waals surface area contributed by atoms with Crippen LogP contribution >= 0.6 is 0 Å². The first-order valence-electron chi connectivity index (χ1n) is 5.72. The molecule has 1 aromatic heterocycles. The van der Waals surface area contributed by atoms with E-state index in [1.165, 1.54) is 13.3 Å². The first-order chi connectivity index (χ1) is 8.85. The smallest absolute Gasteiger partial charge is 0.534 e.